The van der Waals surface area contributed by atoms with Crippen molar-refractivity contribution in [2.24, 2.45) is 0 Å². The SMILES string of the molecule is COc1c(C#N)ncc(C(F)F)c1CBr. The smallest absolute Gasteiger partial charge is 0.265 e. The Kier molecular flexibility index (Phi) is 3.97. The zero-order valence-corrected chi connectivity index (χ0v) is 9.38. The fourth-order valence-corrected chi connectivity index (χ4v) is 1.75. The van der Waals surface area contributed by atoms with Crippen molar-refractivity contribution >= 4 is 15.9 Å². The van der Waals surface area contributed by atoms with Crippen molar-refractivity contribution in [3.8, 4) is 11.8 Å². The Morgan fingerprint density at radius 1 is 1.67 bits per heavy atom. The third kappa shape index (κ3) is 2.23. The maximum Gasteiger partial charge on any atom is 0.265 e. The van der Waals surface area contributed by atoms with E-state index in [-0.39, 0.29) is 27.9 Å². The molecule has 0 saturated heterocycles. The number of alkyl halides is 3. The normalized spacial score (nSPS) is 10.1. The number of pyridine rings is 1. The first-order valence-electron chi connectivity index (χ1n) is 3.95. The molecule has 0 spiro atoms. The first-order chi connectivity index (χ1) is 7.15. The zero-order chi connectivity index (χ0) is 11.4. The van der Waals surface area contributed by atoms with Gasteiger partial charge in [0.25, 0.3) is 6.43 Å². The van der Waals surface area contributed by atoms with E-state index in [2.05, 4.69) is 20.9 Å². The van der Waals surface area contributed by atoms with Crippen molar-refractivity contribution in [2.75, 3.05) is 7.11 Å². The summed E-state index contributed by atoms with van der Waals surface area (Å²) in [4.78, 5) is 3.61. The number of ether oxygens (including phenoxy) is 1. The fraction of sp³-hybridized carbons (Fsp3) is 0.333. The molecule has 0 unspecified atom stereocenters. The molecule has 3 nitrogen and oxygen atoms in total. The highest BCUT2D eigenvalue weighted by Crippen LogP contribution is 2.32. The summed E-state index contributed by atoms with van der Waals surface area (Å²) in [7, 11) is 1.32. The van der Waals surface area contributed by atoms with Crippen molar-refractivity contribution in [1.82, 2.24) is 4.98 Å². The molecule has 0 radical (unpaired) electrons. The van der Waals surface area contributed by atoms with Gasteiger partial charge >= 0.3 is 0 Å². The van der Waals surface area contributed by atoms with Crippen LogP contribution in [-0.4, -0.2) is 12.1 Å². The van der Waals surface area contributed by atoms with Gasteiger partial charge in [0.15, 0.2) is 11.4 Å². The molecule has 0 aliphatic rings. The first-order valence-corrected chi connectivity index (χ1v) is 5.07. The topological polar surface area (TPSA) is 45.9 Å². The second-order valence-electron chi connectivity index (χ2n) is 2.62. The predicted molar refractivity (Wildman–Crippen MR) is 53.1 cm³/mol. The summed E-state index contributed by atoms with van der Waals surface area (Å²) in [5, 5.41) is 8.89. The lowest BCUT2D eigenvalue weighted by Crippen LogP contribution is -2.01. The molecule has 1 rings (SSSR count). The van der Waals surface area contributed by atoms with Crippen molar-refractivity contribution in [2.45, 2.75) is 11.8 Å². The molecule has 1 aromatic heterocycles. The van der Waals surface area contributed by atoms with Gasteiger partial charge < -0.3 is 4.74 Å². The van der Waals surface area contributed by atoms with Gasteiger partial charge in [-0.25, -0.2) is 13.8 Å². The van der Waals surface area contributed by atoms with E-state index in [1.54, 1.807) is 6.07 Å². The van der Waals surface area contributed by atoms with Crippen LogP contribution in [0.25, 0.3) is 0 Å². The fourth-order valence-electron chi connectivity index (χ4n) is 1.17. The van der Waals surface area contributed by atoms with Crippen LogP contribution in [0.5, 0.6) is 5.75 Å². The van der Waals surface area contributed by atoms with E-state index in [0.29, 0.717) is 0 Å². The van der Waals surface area contributed by atoms with Crippen molar-refractivity contribution < 1.29 is 13.5 Å². The number of halogens is 3. The van der Waals surface area contributed by atoms with Crippen LogP contribution in [-0.2, 0) is 5.33 Å². The molecular formula is C9H7BrF2N2O. The first kappa shape index (κ1) is 11.9. The standard InChI is InChI=1S/C9H7BrF2N2O/c1-15-8-5(2-10)6(9(11)12)4-14-7(8)3-13/h4,9H,2H2,1H3. The highest BCUT2D eigenvalue weighted by molar-refractivity contribution is 9.08. The minimum Gasteiger partial charge on any atom is -0.493 e. The minimum atomic E-state index is -2.63. The van der Waals surface area contributed by atoms with Gasteiger partial charge in [-0.05, 0) is 0 Å². The molecule has 0 amide bonds. The largest absolute Gasteiger partial charge is 0.493 e. The molecule has 80 valence electrons. The molecule has 1 heterocycles. The second-order valence-corrected chi connectivity index (χ2v) is 3.18. The van der Waals surface area contributed by atoms with Crippen molar-refractivity contribution in [3.05, 3.63) is 23.0 Å². The number of nitrogens with zero attached hydrogens (tertiary/aromatic N) is 2. The van der Waals surface area contributed by atoms with E-state index >= 15 is 0 Å². The maximum atomic E-state index is 12.6. The van der Waals surface area contributed by atoms with Gasteiger partial charge in [0.05, 0.1) is 7.11 Å². The highest BCUT2D eigenvalue weighted by atomic mass is 79.9. The van der Waals surface area contributed by atoms with Gasteiger partial charge in [0.2, 0.25) is 0 Å². The predicted octanol–water partition coefficient (Wildman–Crippen LogP) is 2.79. The third-order valence-electron chi connectivity index (χ3n) is 1.85. The summed E-state index contributed by atoms with van der Waals surface area (Å²) in [5.41, 5.74) is 0.0538. The molecule has 0 N–H and O–H groups in total. The van der Waals surface area contributed by atoms with Gasteiger partial charge in [-0.1, -0.05) is 15.9 Å². The van der Waals surface area contributed by atoms with Crippen LogP contribution in [0.2, 0.25) is 0 Å². The Hall–Kier alpha value is -1.22. The molecule has 15 heavy (non-hydrogen) atoms. The zero-order valence-electron chi connectivity index (χ0n) is 7.80. The van der Waals surface area contributed by atoms with E-state index in [9.17, 15) is 8.78 Å². The molecular weight excluding hydrogens is 270 g/mol. The number of nitriles is 1. The molecule has 0 aliphatic carbocycles. The van der Waals surface area contributed by atoms with Crippen LogP contribution in [0, 0.1) is 11.3 Å². The molecule has 0 aliphatic heterocycles. The van der Waals surface area contributed by atoms with Gasteiger partial charge in [0, 0.05) is 22.7 Å². The van der Waals surface area contributed by atoms with Crippen LogP contribution in [0.3, 0.4) is 0 Å². The van der Waals surface area contributed by atoms with E-state index < -0.39 is 6.43 Å². The van der Waals surface area contributed by atoms with Crippen LogP contribution in [0.1, 0.15) is 23.2 Å². The summed E-state index contributed by atoms with van der Waals surface area (Å²) in [6, 6.07) is 1.79. The number of aromatic nitrogens is 1. The van der Waals surface area contributed by atoms with E-state index in [1.165, 1.54) is 7.11 Å². The van der Waals surface area contributed by atoms with Crippen molar-refractivity contribution in [1.29, 1.82) is 5.26 Å². The Morgan fingerprint density at radius 3 is 2.73 bits per heavy atom. The van der Waals surface area contributed by atoms with E-state index in [0.717, 1.165) is 6.20 Å². The van der Waals surface area contributed by atoms with Crippen LogP contribution >= 0.6 is 15.9 Å². The molecule has 6 heteroatoms. The number of methoxy groups -OCH3 is 1. The van der Waals surface area contributed by atoms with E-state index in [1.807, 2.05) is 0 Å². The maximum absolute atomic E-state index is 12.6. The Morgan fingerprint density at radius 2 is 2.33 bits per heavy atom. The summed E-state index contributed by atoms with van der Waals surface area (Å²) in [5.74, 6) is 0.104. The number of rotatable bonds is 3. The molecule has 0 aromatic carbocycles. The van der Waals surface area contributed by atoms with Gasteiger partial charge in [-0.2, -0.15) is 5.26 Å². The molecule has 1 aromatic rings. The average molecular weight is 277 g/mol. The molecule has 0 bridgehead atoms. The molecule has 0 atom stereocenters. The molecule has 0 fully saturated rings. The quantitative estimate of drug-likeness (QED) is 0.798. The lowest BCUT2D eigenvalue weighted by atomic mass is 10.1. The van der Waals surface area contributed by atoms with Crippen LogP contribution in [0.4, 0.5) is 8.78 Å². The summed E-state index contributed by atoms with van der Waals surface area (Å²) >= 11 is 3.08. The van der Waals surface area contributed by atoms with Crippen LogP contribution < -0.4 is 4.74 Å². The van der Waals surface area contributed by atoms with Crippen LogP contribution in [0.15, 0.2) is 6.20 Å². The second kappa shape index (κ2) is 5.03. The number of hydrogen-bond acceptors (Lipinski definition) is 3. The van der Waals surface area contributed by atoms with Gasteiger partial charge in [-0.15, -0.1) is 0 Å². The Labute approximate surface area is 93.8 Å². The summed E-state index contributed by atoms with van der Waals surface area (Å²) in [6.45, 7) is 0. The Balaban J connectivity index is 3.42. The third-order valence-corrected chi connectivity index (χ3v) is 2.41. The van der Waals surface area contributed by atoms with E-state index in [4.69, 9.17) is 10.00 Å². The van der Waals surface area contributed by atoms with Crippen molar-refractivity contribution in [3.63, 3.8) is 0 Å². The van der Waals surface area contributed by atoms with Gasteiger partial charge in [0.1, 0.15) is 6.07 Å². The number of hydrogen-bond donors (Lipinski definition) is 0. The average Bonchev–Trinajstić information content (AvgIpc) is 2.26. The lowest BCUT2D eigenvalue weighted by Gasteiger charge is -2.11. The summed E-state index contributed by atoms with van der Waals surface area (Å²) in [6.07, 6.45) is -1.63. The van der Waals surface area contributed by atoms with Gasteiger partial charge in [-0.3, -0.25) is 0 Å². The molecule has 0 saturated carbocycles. The monoisotopic (exact) mass is 276 g/mol. The Bertz CT molecular complexity index is 404. The lowest BCUT2D eigenvalue weighted by molar-refractivity contribution is 0.149. The summed E-state index contributed by atoms with van der Waals surface area (Å²) < 4.78 is 30.0. The minimum absolute atomic E-state index is 0.0105. The highest BCUT2D eigenvalue weighted by Gasteiger charge is 2.20.